The van der Waals surface area contributed by atoms with E-state index in [0.717, 1.165) is 32.4 Å². The van der Waals surface area contributed by atoms with Gasteiger partial charge in [-0.05, 0) is 19.3 Å². The first kappa shape index (κ1) is 11.7. The second kappa shape index (κ2) is 5.08. The van der Waals surface area contributed by atoms with Crippen molar-refractivity contribution < 1.29 is 4.79 Å². The predicted molar refractivity (Wildman–Crippen MR) is 66.8 cm³/mol. The van der Waals surface area contributed by atoms with Gasteiger partial charge < -0.3 is 4.90 Å². The summed E-state index contributed by atoms with van der Waals surface area (Å²) in [6, 6.07) is 0.271. The van der Waals surface area contributed by atoms with Crippen LogP contribution in [0.15, 0.2) is 12.4 Å². The summed E-state index contributed by atoms with van der Waals surface area (Å²) in [5.41, 5.74) is 0. The van der Waals surface area contributed by atoms with Crippen LogP contribution in [0.4, 0.5) is 0 Å². The van der Waals surface area contributed by atoms with E-state index in [4.69, 9.17) is 0 Å². The number of hydrogen-bond donors (Lipinski definition) is 0. The molecule has 1 aliphatic carbocycles. The normalized spacial score (nSPS) is 25.6. The molecule has 1 aromatic heterocycles. The quantitative estimate of drug-likeness (QED) is 0.799. The molecule has 1 saturated heterocycles. The van der Waals surface area contributed by atoms with Gasteiger partial charge in [0.2, 0.25) is 5.91 Å². The van der Waals surface area contributed by atoms with Gasteiger partial charge >= 0.3 is 0 Å². The van der Waals surface area contributed by atoms with E-state index in [1.807, 2.05) is 4.90 Å². The maximum absolute atomic E-state index is 12.4. The summed E-state index contributed by atoms with van der Waals surface area (Å²) in [5, 5.41) is 8.34. The highest BCUT2D eigenvalue weighted by molar-refractivity contribution is 5.79. The molecule has 1 saturated carbocycles. The summed E-state index contributed by atoms with van der Waals surface area (Å²) < 4.78 is 0. The minimum atomic E-state index is 0.271. The maximum atomic E-state index is 12.4. The Balaban J connectivity index is 1.59. The Labute approximate surface area is 107 Å². The molecule has 1 unspecified atom stereocenters. The summed E-state index contributed by atoms with van der Waals surface area (Å²) in [7, 11) is 0. The van der Waals surface area contributed by atoms with Gasteiger partial charge in [-0.1, -0.05) is 19.3 Å². The first-order valence-electron chi connectivity index (χ1n) is 6.99. The molecular weight excluding hydrogens is 228 g/mol. The van der Waals surface area contributed by atoms with E-state index in [1.165, 1.54) is 19.3 Å². The molecule has 5 heteroatoms. The minimum Gasteiger partial charge on any atom is -0.340 e. The lowest BCUT2D eigenvalue weighted by Gasteiger charge is -2.26. The monoisotopic (exact) mass is 248 g/mol. The van der Waals surface area contributed by atoms with E-state index >= 15 is 0 Å². The summed E-state index contributed by atoms with van der Waals surface area (Å²) >= 11 is 0. The molecule has 3 rings (SSSR count). The van der Waals surface area contributed by atoms with Crippen molar-refractivity contribution >= 4 is 5.91 Å². The number of carbonyl (C=O) groups excluding carboxylic acids is 1. The zero-order chi connectivity index (χ0) is 12.4. The molecule has 2 fully saturated rings. The number of nitrogens with zero attached hydrogens (tertiary/aromatic N) is 4. The molecule has 5 nitrogen and oxygen atoms in total. The van der Waals surface area contributed by atoms with Crippen LogP contribution in [0.3, 0.4) is 0 Å². The van der Waals surface area contributed by atoms with Crippen molar-refractivity contribution in [2.45, 2.75) is 44.6 Å². The van der Waals surface area contributed by atoms with E-state index in [9.17, 15) is 4.79 Å². The number of likely N-dealkylation sites (tertiary alicyclic amines) is 1. The van der Waals surface area contributed by atoms with Crippen LogP contribution in [0.2, 0.25) is 0 Å². The third-order valence-corrected chi connectivity index (χ3v) is 4.19. The third-order valence-electron chi connectivity index (χ3n) is 4.19. The summed E-state index contributed by atoms with van der Waals surface area (Å²) in [6.45, 7) is 1.64. The van der Waals surface area contributed by atoms with Gasteiger partial charge in [0, 0.05) is 19.0 Å². The zero-order valence-corrected chi connectivity index (χ0v) is 10.7. The zero-order valence-electron chi connectivity index (χ0n) is 10.7. The third kappa shape index (κ3) is 2.26. The van der Waals surface area contributed by atoms with Crippen LogP contribution >= 0.6 is 0 Å². The van der Waals surface area contributed by atoms with Crippen molar-refractivity contribution in [3.63, 3.8) is 0 Å². The Bertz CT molecular complexity index is 397. The van der Waals surface area contributed by atoms with Gasteiger partial charge in [-0.15, -0.1) is 0 Å². The van der Waals surface area contributed by atoms with E-state index in [0.29, 0.717) is 5.91 Å². The Morgan fingerprint density at radius 2 is 1.78 bits per heavy atom. The van der Waals surface area contributed by atoms with Crippen LogP contribution in [0.1, 0.15) is 44.6 Å². The molecule has 1 atom stereocenters. The molecule has 2 aliphatic rings. The topological polar surface area (TPSA) is 51.0 Å². The van der Waals surface area contributed by atoms with Crippen LogP contribution in [0.5, 0.6) is 0 Å². The van der Waals surface area contributed by atoms with Gasteiger partial charge in [0.1, 0.15) is 0 Å². The summed E-state index contributed by atoms with van der Waals surface area (Å²) in [4.78, 5) is 16.2. The molecule has 0 spiro atoms. The maximum Gasteiger partial charge on any atom is 0.225 e. The fourth-order valence-corrected chi connectivity index (χ4v) is 3.15. The molecular formula is C13H20N4O. The van der Waals surface area contributed by atoms with Crippen molar-refractivity contribution in [1.82, 2.24) is 19.9 Å². The fourth-order valence-electron chi connectivity index (χ4n) is 3.15. The van der Waals surface area contributed by atoms with Crippen LogP contribution in [-0.4, -0.2) is 38.9 Å². The van der Waals surface area contributed by atoms with Crippen LogP contribution in [0.25, 0.3) is 0 Å². The highest BCUT2D eigenvalue weighted by Gasteiger charge is 2.32. The number of rotatable bonds is 2. The Kier molecular flexibility index (Phi) is 3.30. The second-order valence-electron chi connectivity index (χ2n) is 5.41. The standard InChI is InChI=1S/C13H20N4O/c18-13(11-4-2-1-3-5-11)16-9-6-12(10-16)17-14-7-8-15-17/h7-8,11-12H,1-6,9-10H2. The highest BCUT2D eigenvalue weighted by atomic mass is 16.2. The molecule has 0 N–H and O–H groups in total. The minimum absolute atomic E-state index is 0.271. The molecule has 1 aliphatic heterocycles. The summed E-state index contributed by atoms with van der Waals surface area (Å²) in [6.07, 6.45) is 10.3. The molecule has 1 amide bonds. The van der Waals surface area contributed by atoms with Gasteiger partial charge in [0.15, 0.2) is 0 Å². The van der Waals surface area contributed by atoms with E-state index < -0.39 is 0 Å². The van der Waals surface area contributed by atoms with Crippen molar-refractivity contribution in [3.8, 4) is 0 Å². The SMILES string of the molecule is O=C(C1CCCCC1)N1CCC(n2nccn2)C1. The number of carbonyl (C=O) groups is 1. The average molecular weight is 248 g/mol. The second-order valence-corrected chi connectivity index (χ2v) is 5.41. The van der Waals surface area contributed by atoms with Gasteiger partial charge in [-0.3, -0.25) is 4.79 Å². The fraction of sp³-hybridized carbons (Fsp3) is 0.769. The Hall–Kier alpha value is -1.39. The molecule has 98 valence electrons. The average Bonchev–Trinajstić information content (AvgIpc) is 3.09. The number of hydrogen-bond acceptors (Lipinski definition) is 3. The molecule has 18 heavy (non-hydrogen) atoms. The lowest BCUT2D eigenvalue weighted by atomic mass is 9.88. The van der Waals surface area contributed by atoms with Crippen LogP contribution < -0.4 is 0 Å². The van der Waals surface area contributed by atoms with E-state index in [-0.39, 0.29) is 12.0 Å². The van der Waals surface area contributed by atoms with E-state index in [2.05, 4.69) is 10.2 Å². The van der Waals surface area contributed by atoms with Crippen LogP contribution in [0, 0.1) is 5.92 Å². The predicted octanol–water partition coefficient (Wildman–Crippen LogP) is 1.63. The van der Waals surface area contributed by atoms with Gasteiger partial charge in [-0.2, -0.15) is 15.0 Å². The van der Waals surface area contributed by atoms with Crippen molar-refractivity contribution in [1.29, 1.82) is 0 Å². The van der Waals surface area contributed by atoms with Crippen molar-refractivity contribution in [2.75, 3.05) is 13.1 Å². The molecule has 0 aromatic carbocycles. The summed E-state index contributed by atoms with van der Waals surface area (Å²) in [5.74, 6) is 0.646. The number of amides is 1. The molecule has 0 bridgehead atoms. The van der Waals surface area contributed by atoms with Crippen LogP contribution in [-0.2, 0) is 4.79 Å². The number of aromatic nitrogens is 3. The Morgan fingerprint density at radius 3 is 2.50 bits per heavy atom. The van der Waals surface area contributed by atoms with Crippen molar-refractivity contribution in [2.24, 2.45) is 5.92 Å². The van der Waals surface area contributed by atoms with Gasteiger partial charge in [0.25, 0.3) is 0 Å². The largest absolute Gasteiger partial charge is 0.340 e. The van der Waals surface area contributed by atoms with E-state index in [1.54, 1.807) is 17.2 Å². The van der Waals surface area contributed by atoms with Gasteiger partial charge in [0.05, 0.1) is 18.4 Å². The Morgan fingerprint density at radius 1 is 1.06 bits per heavy atom. The molecule has 2 heterocycles. The highest BCUT2D eigenvalue weighted by Crippen LogP contribution is 2.28. The van der Waals surface area contributed by atoms with Gasteiger partial charge in [-0.25, -0.2) is 0 Å². The lowest BCUT2D eigenvalue weighted by molar-refractivity contribution is -0.135. The van der Waals surface area contributed by atoms with Crippen molar-refractivity contribution in [3.05, 3.63) is 12.4 Å². The lowest BCUT2D eigenvalue weighted by Crippen LogP contribution is -2.35. The first-order chi connectivity index (χ1) is 8.84. The molecule has 0 radical (unpaired) electrons. The molecule has 1 aromatic rings. The smallest absolute Gasteiger partial charge is 0.225 e. The first-order valence-corrected chi connectivity index (χ1v) is 6.99.